The van der Waals surface area contributed by atoms with Gasteiger partial charge in [0.1, 0.15) is 6.54 Å². The van der Waals surface area contributed by atoms with Gasteiger partial charge in [0.05, 0.1) is 18.0 Å². The van der Waals surface area contributed by atoms with Gasteiger partial charge in [-0.25, -0.2) is 0 Å². The lowest BCUT2D eigenvalue weighted by molar-refractivity contribution is -0.143. The van der Waals surface area contributed by atoms with E-state index in [1.54, 1.807) is 0 Å². The molecule has 2 heterocycles. The highest BCUT2D eigenvalue weighted by atomic mass is 32.2. The number of hydrogen-bond acceptors (Lipinski definition) is 4. The summed E-state index contributed by atoms with van der Waals surface area (Å²) in [7, 11) is 0. The van der Waals surface area contributed by atoms with Crippen molar-refractivity contribution in [1.82, 2.24) is 14.8 Å². The third-order valence-corrected chi connectivity index (χ3v) is 6.84. The summed E-state index contributed by atoms with van der Waals surface area (Å²) < 4.78 is 7.75. The Hall–Kier alpha value is -2.77. The summed E-state index contributed by atoms with van der Waals surface area (Å²) in [6.07, 6.45) is 2.08. The van der Waals surface area contributed by atoms with Crippen molar-refractivity contribution in [1.29, 1.82) is 0 Å². The molecule has 0 saturated carbocycles. The minimum absolute atomic E-state index is 0.00947. The molecule has 33 heavy (non-hydrogen) atoms. The van der Waals surface area contributed by atoms with Crippen LogP contribution in [0.1, 0.15) is 25.0 Å². The number of aryl methyl sites for hydroxylation is 1. The van der Waals surface area contributed by atoms with Crippen LogP contribution < -0.4 is 5.32 Å². The quantitative estimate of drug-likeness (QED) is 0.536. The van der Waals surface area contributed by atoms with Crippen molar-refractivity contribution < 1.29 is 14.3 Å². The molecule has 4 rings (SSSR count). The number of aromatic nitrogens is 1. The number of fused-ring (bicyclic) bond motifs is 1. The van der Waals surface area contributed by atoms with E-state index in [2.05, 4.69) is 5.32 Å². The predicted octanol–water partition coefficient (Wildman–Crippen LogP) is 3.99. The number of carbonyl (C=O) groups is 2. The highest BCUT2D eigenvalue weighted by molar-refractivity contribution is 8.00. The normalized spacial score (nSPS) is 18.5. The number of rotatable bonds is 7. The minimum atomic E-state index is -0.00947. The van der Waals surface area contributed by atoms with E-state index in [9.17, 15) is 9.59 Å². The van der Waals surface area contributed by atoms with E-state index in [1.807, 2.05) is 85.0 Å². The van der Waals surface area contributed by atoms with Crippen molar-refractivity contribution in [3.05, 3.63) is 65.9 Å². The van der Waals surface area contributed by atoms with Gasteiger partial charge in [-0.15, -0.1) is 11.8 Å². The molecule has 1 N–H and O–H groups in total. The third-order valence-electron chi connectivity index (χ3n) is 5.80. The fourth-order valence-corrected chi connectivity index (χ4v) is 5.11. The number of carbonyl (C=O) groups excluding carboxylic acids is 2. The first-order valence-corrected chi connectivity index (χ1v) is 12.3. The van der Waals surface area contributed by atoms with Gasteiger partial charge < -0.3 is 19.5 Å². The van der Waals surface area contributed by atoms with Crippen molar-refractivity contribution in [2.45, 2.75) is 51.0 Å². The van der Waals surface area contributed by atoms with E-state index in [4.69, 9.17) is 4.74 Å². The van der Waals surface area contributed by atoms with Crippen LogP contribution in [0.25, 0.3) is 10.9 Å². The summed E-state index contributed by atoms with van der Waals surface area (Å²) in [6, 6.07) is 16.2. The molecule has 0 unspecified atom stereocenters. The number of nitrogens with one attached hydrogen (secondary N) is 1. The molecule has 0 bridgehead atoms. The second kappa shape index (κ2) is 10.4. The van der Waals surface area contributed by atoms with Gasteiger partial charge in [-0.3, -0.25) is 9.59 Å². The second-order valence-electron chi connectivity index (χ2n) is 8.75. The number of thioether (sulfide) groups is 1. The van der Waals surface area contributed by atoms with E-state index < -0.39 is 0 Å². The van der Waals surface area contributed by atoms with E-state index in [0.29, 0.717) is 25.4 Å². The van der Waals surface area contributed by atoms with Crippen LogP contribution in [0, 0.1) is 6.92 Å². The highest BCUT2D eigenvalue weighted by Crippen LogP contribution is 2.30. The molecule has 2 aromatic carbocycles. The molecule has 6 nitrogen and oxygen atoms in total. The Morgan fingerprint density at radius 3 is 2.48 bits per heavy atom. The van der Waals surface area contributed by atoms with Gasteiger partial charge in [0, 0.05) is 41.6 Å². The molecule has 2 amide bonds. The summed E-state index contributed by atoms with van der Waals surface area (Å²) in [6.45, 7) is 8.08. The van der Waals surface area contributed by atoms with E-state index in [0.717, 1.165) is 21.4 Å². The monoisotopic (exact) mass is 465 g/mol. The molecule has 3 aromatic rings. The zero-order valence-corrected chi connectivity index (χ0v) is 20.2. The fraction of sp³-hybridized carbons (Fsp3) is 0.385. The van der Waals surface area contributed by atoms with Crippen LogP contribution in [0.3, 0.4) is 0 Å². The van der Waals surface area contributed by atoms with Crippen molar-refractivity contribution in [2.75, 3.05) is 18.8 Å². The lowest BCUT2D eigenvalue weighted by Gasteiger charge is -2.35. The first kappa shape index (κ1) is 23.4. The molecule has 174 valence electrons. The summed E-state index contributed by atoms with van der Waals surface area (Å²) >= 11 is 1.50. The maximum Gasteiger partial charge on any atom is 0.242 e. The molecule has 1 aliphatic heterocycles. The van der Waals surface area contributed by atoms with Crippen LogP contribution in [0.4, 0.5) is 0 Å². The van der Waals surface area contributed by atoms with Crippen molar-refractivity contribution in [2.24, 2.45) is 0 Å². The van der Waals surface area contributed by atoms with Crippen molar-refractivity contribution in [3.63, 3.8) is 0 Å². The van der Waals surface area contributed by atoms with Crippen LogP contribution in [-0.2, 0) is 27.4 Å². The molecule has 1 aliphatic rings. The lowest BCUT2D eigenvalue weighted by Crippen LogP contribution is -2.49. The molecular formula is C26H31N3O3S. The van der Waals surface area contributed by atoms with Crippen molar-refractivity contribution >= 4 is 34.5 Å². The number of morpholine rings is 1. The smallest absolute Gasteiger partial charge is 0.242 e. The first-order valence-electron chi connectivity index (χ1n) is 11.3. The van der Waals surface area contributed by atoms with Gasteiger partial charge in [0.25, 0.3) is 0 Å². The third kappa shape index (κ3) is 5.97. The topological polar surface area (TPSA) is 63.6 Å². The number of ether oxygens (including phenoxy) is 1. The average molecular weight is 466 g/mol. The maximum atomic E-state index is 13.0. The Morgan fingerprint density at radius 1 is 1.06 bits per heavy atom. The number of nitrogens with zero attached hydrogens (tertiary/aromatic N) is 2. The van der Waals surface area contributed by atoms with Gasteiger partial charge >= 0.3 is 0 Å². The molecule has 7 heteroatoms. The SMILES string of the molecule is Cc1ccc(CNC(=O)CSc2cn(CC(=O)N3C[C@@H](C)O[C@H](C)C3)c3ccccc23)cc1. The zero-order chi connectivity index (χ0) is 23.4. The van der Waals surface area contributed by atoms with Crippen LogP contribution in [-0.4, -0.2) is 52.3 Å². The summed E-state index contributed by atoms with van der Waals surface area (Å²) in [5, 5.41) is 4.05. The molecule has 0 aliphatic carbocycles. The molecule has 0 spiro atoms. The van der Waals surface area contributed by atoms with Crippen molar-refractivity contribution in [3.8, 4) is 0 Å². The van der Waals surface area contributed by atoms with Gasteiger partial charge in [-0.1, -0.05) is 48.0 Å². The van der Waals surface area contributed by atoms with E-state index >= 15 is 0 Å². The summed E-state index contributed by atoms with van der Waals surface area (Å²) in [4.78, 5) is 28.3. The van der Waals surface area contributed by atoms with Crippen LogP contribution in [0.2, 0.25) is 0 Å². The maximum absolute atomic E-state index is 13.0. The Balaban J connectivity index is 1.39. The predicted molar refractivity (Wildman–Crippen MR) is 132 cm³/mol. The van der Waals surface area contributed by atoms with E-state index in [-0.39, 0.29) is 30.6 Å². The van der Waals surface area contributed by atoms with Crippen LogP contribution >= 0.6 is 11.8 Å². The van der Waals surface area contributed by atoms with Crippen LogP contribution in [0.5, 0.6) is 0 Å². The fourth-order valence-electron chi connectivity index (χ4n) is 4.19. The Bertz CT molecular complexity index is 1120. The van der Waals surface area contributed by atoms with E-state index in [1.165, 1.54) is 17.3 Å². The second-order valence-corrected chi connectivity index (χ2v) is 9.76. The summed E-state index contributed by atoms with van der Waals surface area (Å²) in [5.74, 6) is 0.404. The minimum Gasteiger partial charge on any atom is -0.372 e. The lowest BCUT2D eigenvalue weighted by atomic mass is 10.1. The number of benzene rings is 2. The Morgan fingerprint density at radius 2 is 1.76 bits per heavy atom. The molecule has 1 aromatic heterocycles. The Labute approximate surface area is 199 Å². The Kier molecular flexibility index (Phi) is 7.40. The standard InChI is InChI=1S/C26H31N3O3S/c1-18-8-10-21(11-9-18)12-27-25(30)17-33-24-15-28(23-7-5-4-6-22(23)24)16-26(31)29-13-19(2)32-20(3)14-29/h4-11,15,19-20H,12-14,16-17H2,1-3H3,(H,27,30)/t19-,20-/m1/s1. The van der Waals surface area contributed by atoms with Gasteiger partial charge in [0.2, 0.25) is 11.8 Å². The zero-order valence-electron chi connectivity index (χ0n) is 19.4. The molecular weight excluding hydrogens is 434 g/mol. The number of para-hydroxylation sites is 1. The average Bonchev–Trinajstić information content (AvgIpc) is 3.14. The van der Waals surface area contributed by atoms with Crippen LogP contribution in [0.15, 0.2) is 59.6 Å². The number of hydrogen-bond donors (Lipinski definition) is 1. The molecule has 2 atom stereocenters. The molecule has 1 fully saturated rings. The van der Waals surface area contributed by atoms with Gasteiger partial charge in [0.15, 0.2) is 0 Å². The number of amides is 2. The summed E-state index contributed by atoms with van der Waals surface area (Å²) in [5.41, 5.74) is 3.29. The first-order chi connectivity index (χ1) is 15.9. The highest BCUT2D eigenvalue weighted by Gasteiger charge is 2.26. The van der Waals surface area contributed by atoms with Gasteiger partial charge in [-0.05, 0) is 32.4 Å². The molecule has 1 saturated heterocycles. The molecule has 0 radical (unpaired) electrons. The van der Waals surface area contributed by atoms with Gasteiger partial charge in [-0.2, -0.15) is 0 Å². The largest absolute Gasteiger partial charge is 0.372 e.